The largest absolute Gasteiger partial charge is 0.485 e. The molecule has 1 aliphatic heterocycles. The summed E-state index contributed by atoms with van der Waals surface area (Å²) < 4.78 is 25.6. The fourth-order valence-electron chi connectivity index (χ4n) is 3.50. The number of rotatable bonds is 5. The smallest absolute Gasteiger partial charge is 0.266 e. The number of benzene rings is 2. The molecule has 7 heteroatoms. The average molecular weight is 436 g/mol. The van der Waals surface area contributed by atoms with Crippen molar-refractivity contribution in [1.29, 1.82) is 0 Å². The second-order valence-corrected chi connectivity index (χ2v) is 8.45. The number of halogens is 2. The van der Waals surface area contributed by atoms with Gasteiger partial charge in [0, 0.05) is 24.5 Å². The Morgan fingerprint density at radius 2 is 1.90 bits per heavy atom. The molecule has 0 aliphatic carbocycles. The summed E-state index contributed by atoms with van der Waals surface area (Å²) in [4.78, 5) is 14.8. The third kappa shape index (κ3) is 5.24. The third-order valence-corrected chi connectivity index (χ3v) is 5.65. The molecule has 0 bridgehead atoms. The first-order chi connectivity index (χ1) is 14.2. The monoisotopic (exact) mass is 435 g/mol. The number of nitrogens with zero attached hydrogens (tertiary/aromatic N) is 1. The molecule has 0 unspecified atom stereocenters. The maximum absolute atomic E-state index is 13.9. The van der Waals surface area contributed by atoms with Gasteiger partial charge in [-0.05, 0) is 63.1 Å². The Labute approximate surface area is 181 Å². The summed E-state index contributed by atoms with van der Waals surface area (Å²) in [5.74, 6) is -0.00233. The van der Waals surface area contributed by atoms with Crippen LogP contribution in [0.4, 0.5) is 4.39 Å². The van der Waals surface area contributed by atoms with Gasteiger partial charge in [0.25, 0.3) is 5.91 Å². The van der Waals surface area contributed by atoms with Crippen LogP contribution in [-0.4, -0.2) is 46.8 Å². The lowest BCUT2D eigenvalue weighted by Gasteiger charge is -2.32. The molecule has 1 fully saturated rings. The van der Waals surface area contributed by atoms with E-state index < -0.39 is 23.6 Å². The normalized spacial score (nSPS) is 19.9. The maximum atomic E-state index is 13.9. The summed E-state index contributed by atoms with van der Waals surface area (Å²) in [5.41, 5.74) is -0.235. The van der Waals surface area contributed by atoms with Crippen molar-refractivity contribution in [2.75, 3.05) is 13.1 Å². The summed E-state index contributed by atoms with van der Waals surface area (Å²) in [6.45, 7) is 6.04. The van der Waals surface area contributed by atoms with Gasteiger partial charge in [0.2, 0.25) is 0 Å². The van der Waals surface area contributed by atoms with Gasteiger partial charge in [-0.2, -0.15) is 0 Å². The van der Waals surface area contributed by atoms with Gasteiger partial charge in [-0.1, -0.05) is 23.7 Å². The molecule has 5 nitrogen and oxygen atoms in total. The minimum absolute atomic E-state index is 0.100. The minimum Gasteiger partial charge on any atom is -0.485 e. The quantitative estimate of drug-likeness (QED) is 0.757. The number of likely N-dealkylation sites (tertiary alicyclic amines) is 1. The molecule has 3 rings (SSSR count). The van der Waals surface area contributed by atoms with Gasteiger partial charge in [-0.25, -0.2) is 4.39 Å². The van der Waals surface area contributed by atoms with Crippen LogP contribution in [0.5, 0.6) is 11.5 Å². The van der Waals surface area contributed by atoms with Crippen LogP contribution in [0, 0.1) is 12.7 Å². The van der Waals surface area contributed by atoms with Crippen LogP contribution in [0.3, 0.4) is 0 Å². The molecular formula is C23H27ClFNO4. The molecule has 1 saturated heterocycles. The molecule has 2 atom stereocenters. The molecule has 0 radical (unpaired) electrons. The summed E-state index contributed by atoms with van der Waals surface area (Å²) in [7, 11) is 0. The van der Waals surface area contributed by atoms with E-state index in [-0.39, 0.29) is 11.7 Å². The summed E-state index contributed by atoms with van der Waals surface area (Å²) in [6.07, 6.45) is -0.675. The maximum Gasteiger partial charge on any atom is 0.266 e. The third-order valence-electron chi connectivity index (χ3n) is 5.23. The van der Waals surface area contributed by atoms with Crippen LogP contribution in [0.15, 0.2) is 42.5 Å². The van der Waals surface area contributed by atoms with Crippen molar-refractivity contribution in [3.05, 3.63) is 58.9 Å². The zero-order valence-corrected chi connectivity index (χ0v) is 18.2. The molecule has 162 valence electrons. The first-order valence-electron chi connectivity index (χ1n) is 10.0. The van der Waals surface area contributed by atoms with Crippen LogP contribution in [0.2, 0.25) is 5.02 Å². The van der Waals surface area contributed by atoms with E-state index in [9.17, 15) is 14.3 Å². The highest BCUT2D eigenvalue weighted by molar-refractivity contribution is 6.31. The Morgan fingerprint density at radius 1 is 1.20 bits per heavy atom. The summed E-state index contributed by atoms with van der Waals surface area (Å²) in [5, 5.41) is 11.1. The van der Waals surface area contributed by atoms with E-state index in [0.717, 1.165) is 5.56 Å². The predicted octanol–water partition coefficient (Wildman–Crippen LogP) is 4.38. The molecule has 1 amide bonds. The molecule has 1 heterocycles. The van der Waals surface area contributed by atoms with E-state index in [1.54, 1.807) is 49.1 Å². The zero-order valence-electron chi connectivity index (χ0n) is 17.4. The van der Waals surface area contributed by atoms with Crippen molar-refractivity contribution in [2.45, 2.75) is 51.4 Å². The van der Waals surface area contributed by atoms with E-state index in [1.165, 1.54) is 12.1 Å². The van der Waals surface area contributed by atoms with Gasteiger partial charge in [0.1, 0.15) is 11.9 Å². The van der Waals surface area contributed by atoms with E-state index in [0.29, 0.717) is 36.7 Å². The Morgan fingerprint density at radius 3 is 2.60 bits per heavy atom. The van der Waals surface area contributed by atoms with Crippen molar-refractivity contribution >= 4 is 17.5 Å². The lowest BCUT2D eigenvalue weighted by molar-refractivity contribution is -0.145. The Bertz CT molecular complexity index is 905. The first-order valence-corrected chi connectivity index (χ1v) is 10.4. The summed E-state index contributed by atoms with van der Waals surface area (Å²) >= 11 is 6.06. The SMILES string of the molecule is Cc1cc(OC(C)(C)C(=O)N2CC[C@H](Oc3ccccc3F)[C@@H](O)CC2)ccc1Cl. The molecule has 2 aromatic rings. The topological polar surface area (TPSA) is 59.0 Å². The van der Waals surface area contributed by atoms with Gasteiger partial charge >= 0.3 is 0 Å². The number of hydrogen-bond donors (Lipinski definition) is 1. The molecule has 1 N–H and O–H groups in total. The number of aliphatic hydroxyl groups is 1. The van der Waals surface area contributed by atoms with Crippen molar-refractivity contribution in [3.63, 3.8) is 0 Å². The van der Waals surface area contributed by atoms with Crippen molar-refractivity contribution in [1.82, 2.24) is 4.90 Å². The molecule has 0 aromatic heterocycles. The fraction of sp³-hybridized carbons (Fsp3) is 0.435. The molecule has 30 heavy (non-hydrogen) atoms. The lowest BCUT2D eigenvalue weighted by Crippen LogP contribution is -2.49. The van der Waals surface area contributed by atoms with E-state index in [4.69, 9.17) is 21.1 Å². The number of hydrogen-bond acceptors (Lipinski definition) is 4. The first kappa shape index (κ1) is 22.4. The number of aryl methyl sites for hydroxylation is 1. The Balaban J connectivity index is 1.66. The second-order valence-electron chi connectivity index (χ2n) is 8.05. The predicted molar refractivity (Wildman–Crippen MR) is 114 cm³/mol. The highest BCUT2D eigenvalue weighted by atomic mass is 35.5. The van der Waals surface area contributed by atoms with Crippen LogP contribution in [0.1, 0.15) is 32.3 Å². The molecule has 2 aromatic carbocycles. The zero-order chi connectivity index (χ0) is 21.9. The molecule has 0 spiro atoms. The van der Waals surface area contributed by atoms with E-state index in [1.807, 2.05) is 6.92 Å². The Hall–Kier alpha value is -2.31. The summed E-state index contributed by atoms with van der Waals surface area (Å²) in [6, 6.07) is 11.4. The van der Waals surface area contributed by atoms with Gasteiger partial charge in [-0.3, -0.25) is 4.79 Å². The van der Waals surface area contributed by atoms with E-state index >= 15 is 0 Å². The van der Waals surface area contributed by atoms with Gasteiger partial charge in [-0.15, -0.1) is 0 Å². The van der Waals surface area contributed by atoms with Crippen molar-refractivity contribution in [3.8, 4) is 11.5 Å². The number of para-hydroxylation sites is 1. The fourth-order valence-corrected chi connectivity index (χ4v) is 3.62. The van der Waals surface area contributed by atoms with Gasteiger partial charge in [0.05, 0.1) is 6.10 Å². The molecular weight excluding hydrogens is 409 g/mol. The number of amides is 1. The van der Waals surface area contributed by atoms with Crippen LogP contribution in [0.25, 0.3) is 0 Å². The number of aliphatic hydroxyl groups excluding tert-OH is 1. The highest BCUT2D eigenvalue weighted by Gasteiger charge is 2.37. The van der Waals surface area contributed by atoms with Crippen LogP contribution < -0.4 is 9.47 Å². The van der Waals surface area contributed by atoms with Crippen LogP contribution in [-0.2, 0) is 4.79 Å². The Kier molecular flexibility index (Phi) is 6.88. The second kappa shape index (κ2) is 9.23. The van der Waals surface area contributed by atoms with Gasteiger partial charge in [0.15, 0.2) is 17.2 Å². The average Bonchev–Trinajstić information content (AvgIpc) is 2.87. The van der Waals surface area contributed by atoms with Crippen molar-refractivity contribution in [2.24, 2.45) is 0 Å². The minimum atomic E-state index is -1.10. The van der Waals surface area contributed by atoms with Crippen molar-refractivity contribution < 1.29 is 23.8 Å². The van der Waals surface area contributed by atoms with Crippen LogP contribution >= 0.6 is 11.6 Å². The molecule has 1 aliphatic rings. The molecule has 0 saturated carbocycles. The highest BCUT2D eigenvalue weighted by Crippen LogP contribution is 2.27. The lowest BCUT2D eigenvalue weighted by atomic mass is 10.1. The number of carbonyl (C=O) groups is 1. The van der Waals surface area contributed by atoms with E-state index in [2.05, 4.69) is 0 Å². The number of ether oxygens (including phenoxy) is 2. The van der Waals surface area contributed by atoms with Gasteiger partial charge < -0.3 is 19.5 Å². The number of carbonyl (C=O) groups excluding carboxylic acids is 1. The standard InChI is InChI=1S/C23H27ClFNO4/c1-15-14-16(8-9-17(15)24)30-23(2,3)22(28)26-12-10-19(27)21(11-13-26)29-20-7-5-4-6-18(20)25/h4-9,14,19,21,27H,10-13H2,1-3H3/t19-,21-/m0/s1.